The molecule has 0 fully saturated rings. The number of thiazole rings is 1. The molecule has 0 saturated carbocycles. The highest BCUT2D eigenvalue weighted by Gasteiger charge is 2.02. The van der Waals surface area contributed by atoms with E-state index in [1.807, 2.05) is 0 Å². The van der Waals surface area contributed by atoms with Gasteiger partial charge in [0.05, 0.1) is 5.51 Å². The highest BCUT2D eigenvalue weighted by molar-refractivity contribution is 7.16. The van der Waals surface area contributed by atoms with E-state index in [2.05, 4.69) is 9.97 Å². The zero-order chi connectivity index (χ0) is 7.14. The van der Waals surface area contributed by atoms with Crippen molar-refractivity contribution < 1.29 is 0 Å². The van der Waals surface area contributed by atoms with Crippen LogP contribution in [0.2, 0.25) is 0 Å². The molecule has 4 nitrogen and oxygen atoms in total. The summed E-state index contributed by atoms with van der Waals surface area (Å²) in [5, 5.41) is 0. The molecule has 0 amide bonds. The Bertz CT molecular complexity index is 410. The lowest BCUT2D eigenvalue weighted by molar-refractivity contribution is 0.897. The molecule has 0 aliphatic carbocycles. The summed E-state index contributed by atoms with van der Waals surface area (Å²) in [5.74, 6) is 0. The molecule has 0 unspecified atom stereocenters. The molecule has 2 aromatic heterocycles. The first-order valence-electron chi connectivity index (χ1n) is 2.77. The maximum atomic E-state index is 10.9. The Balaban J connectivity index is 3.09. The van der Waals surface area contributed by atoms with Crippen molar-refractivity contribution in [1.82, 2.24) is 14.5 Å². The van der Waals surface area contributed by atoms with Crippen LogP contribution in [0.25, 0.3) is 10.5 Å². The molecule has 0 aromatic carbocycles. The van der Waals surface area contributed by atoms with Crippen LogP contribution in [0.4, 0.5) is 0 Å². The van der Waals surface area contributed by atoms with Crippen LogP contribution < -0.4 is 5.69 Å². The second-order valence-electron chi connectivity index (χ2n) is 2.00. The Morgan fingerprint density at radius 3 is 3.30 bits per heavy atom. The quantitative estimate of drug-likeness (QED) is 0.595. The van der Waals surface area contributed by atoms with Crippen molar-refractivity contribution in [3.8, 4) is 0 Å². The zero-order valence-electron chi connectivity index (χ0n) is 5.29. The third-order valence-electron chi connectivity index (χ3n) is 1.38. The summed E-state index contributed by atoms with van der Waals surface area (Å²) in [6, 6.07) is 0. The molecule has 1 N–H and O–H groups in total. The number of aryl methyl sites for hydroxylation is 1. The summed E-state index contributed by atoms with van der Waals surface area (Å²) in [6.07, 6.45) is 0. The summed E-state index contributed by atoms with van der Waals surface area (Å²) in [6.45, 7) is 0. The van der Waals surface area contributed by atoms with Crippen LogP contribution in [-0.2, 0) is 7.05 Å². The number of nitrogens with one attached hydrogen (secondary N) is 1. The molecule has 0 spiro atoms. The van der Waals surface area contributed by atoms with E-state index in [0.717, 1.165) is 4.83 Å². The van der Waals surface area contributed by atoms with Crippen LogP contribution in [0.15, 0.2) is 10.3 Å². The summed E-state index contributed by atoms with van der Waals surface area (Å²) < 4.78 is 1.55. The largest absolute Gasteiger partial charge is 0.328 e. The van der Waals surface area contributed by atoms with E-state index in [-0.39, 0.29) is 5.69 Å². The number of nitrogens with zero attached hydrogens (tertiary/aromatic N) is 2. The Hall–Kier alpha value is -1.10. The van der Waals surface area contributed by atoms with Gasteiger partial charge in [0.1, 0.15) is 4.83 Å². The molecule has 10 heavy (non-hydrogen) atoms. The standard InChI is InChI=1S/C5H5N3OS/c1-8-4-3(6-2-10-4)7-5(8)9/h2H,1H3,(H,7,9). The number of imidazole rings is 1. The summed E-state index contributed by atoms with van der Waals surface area (Å²) in [5.41, 5.74) is 2.28. The van der Waals surface area contributed by atoms with E-state index in [4.69, 9.17) is 0 Å². The Labute approximate surface area is 60.1 Å². The highest BCUT2D eigenvalue weighted by atomic mass is 32.1. The van der Waals surface area contributed by atoms with Gasteiger partial charge in [0, 0.05) is 7.05 Å². The van der Waals surface area contributed by atoms with Crippen molar-refractivity contribution in [2.24, 2.45) is 7.05 Å². The van der Waals surface area contributed by atoms with Gasteiger partial charge in [-0.2, -0.15) is 0 Å². The molecule has 0 bridgehead atoms. The smallest absolute Gasteiger partial charge is 0.289 e. The lowest BCUT2D eigenvalue weighted by Gasteiger charge is -1.81. The minimum Gasteiger partial charge on any atom is -0.289 e. The van der Waals surface area contributed by atoms with Crippen molar-refractivity contribution in [1.29, 1.82) is 0 Å². The maximum absolute atomic E-state index is 10.9. The molecule has 0 atom stereocenters. The number of fused-ring (bicyclic) bond motifs is 1. The van der Waals surface area contributed by atoms with Crippen molar-refractivity contribution in [3.63, 3.8) is 0 Å². The van der Waals surface area contributed by atoms with Crippen LogP contribution in [0.1, 0.15) is 0 Å². The number of aromatic amines is 1. The van der Waals surface area contributed by atoms with E-state index in [1.165, 1.54) is 11.3 Å². The minimum atomic E-state index is -0.102. The first-order chi connectivity index (χ1) is 4.79. The molecule has 0 aliphatic heterocycles. The second-order valence-corrected chi connectivity index (χ2v) is 2.83. The third kappa shape index (κ3) is 0.550. The lowest BCUT2D eigenvalue weighted by Crippen LogP contribution is -2.11. The summed E-state index contributed by atoms with van der Waals surface area (Å²) >= 11 is 1.46. The normalized spacial score (nSPS) is 10.9. The molecule has 0 aliphatic rings. The molecule has 0 radical (unpaired) electrons. The van der Waals surface area contributed by atoms with Crippen LogP contribution in [0.5, 0.6) is 0 Å². The van der Waals surface area contributed by atoms with Gasteiger partial charge >= 0.3 is 5.69 Å². The first kappa shape index (κ1) is 5.67. The van der Waals surface area contributed by atoms with E-state index < -0.39 is 0 Å². The van der Waals surface area contributed by atoms with Crippen molar-refractivity contribution in [2.45, 2.75) is 0 Å². The van der Waals surface area contributed by atoms with E-state index in [1.54, 1.807) is 17.1 Å². The molecule has 0 saturated heterocycles. The molecular weight excluding hydrogens is 150 g/mol. The van der Waals surface area contributed by atoms with Crippen molar-refractivity contribution in [3.05, 3.63) is 16.0 Å². The number of H-pyrrole nitrogens is 1. The number of hydrogen-bond acceptors (Lipinski definition) is 3. The number of rotatable bonds is 0. The van der Waals surface area contributed by atoms with Gasteiger partial charge in [-0.25, -0.2) is 9.78 Å². The van der Waals surface area contributed by atoms with Gasteiger partial charge in [-0.3, -0.25) is 9.55 Å². The van der Waals surface area contributed by atoms with Crippen LogP contribution in [0, 0.1) is 0 Å². The molecule has 2 heterocycles. The Morgan fingerprint density at radius 1 is 1.80 bits per heavy atom. The van der Waals surface area contributed by atoms with E-state index >= 15 is 0 Å². The fraction of sp³-hybridized carbons (Fsp3) is 0.200. The van der Waals surface area contributed by atoms with Crippen LogP contribution in [0.3, 0.4) is 0 Å². The minimum absolute atomic E-state index is 0.102. The van der Waals surface area contributed by atoms with Crippen molar-refractivity contribution in [2.75, 3.05) is 0 Å². The fourth-order valence-corrected chi connectivity index (χ4v) is 1.56. The Kier molecular flexibility index (Phi) is 0.960. The molecule has 2 aromatic rings. The average Bonchev–Trinajstić information content (AvgIpc) is 2.41. The average molecular weight is 155 g/mol. The number of hydrogen-bond donors (Lipinski definition) is 1. The summed E-state index contributed by atoms with van der Waals surface area (Å²) in [7, 11) is 1.72. The monoisotopic (exact) mass is 155 g/mol. The van der Waals surface area contributed by atoms with E-state index in [9.17, 15) is 4.79 Å². The van der Waals surface area contributed by atoms with Crippen molar-refractivity contribution >= 4 is 21.8 Å². The van der Waals surface area contributed by atoms with Crippen LogP contribution >= 0.6 is 11.3 Å². The number of aromatic nitrogens is 3. The van der Waals surface area contributed by atoms with Gasteiger partial charge in [-0.1, -0.05) is 0 Å². The molecule has 2 rings (SSSR count). The molecule has 52 valence electrons. The SMILES string of the molecule is Cn1c(=O)[nH]c2ncsc21. The Morgan fingerprint density at radius 2 is 2.60 bits per heavy atom. The third-order valence-corrected chi connectivity index (χ3v) is 2.28. The van der Waals surface area contributed by atoms with Gasteiger partial charge in [0.2, 0.25) is 0 Å². The molecular formula is C5H5N3OS. The van der Waals surface area contributed by atoms with Gasteiger partial charge in [-0.15, -0.1) is 11.3 Å². The molecule has 5 heteroatoms. The van der Waals surface area contributed by atoms with Gasteiger partial charge in [-0.05, 0) is 0 Å². The summed E-state index contributed by atoms with van der Waals surface area (Å²) in [4.78, 5) is 18.3. The predicted octanol–water partition coefficient (Wildman–Crippen LogP) is 0.323. The lowest BCUT2D eigenvalue weighted by atomic mass is 10.8. The fourth-order valence-electron chi connectivity index (χ4n) is 0.841. The zero-order valence-corrected chi connectivity index (χ0v) is 6.10. The second kappa shape index (κ2) is 1.69. The van der Waals surface area contributed by atoms with Gasteiger partial charge in [0.25, 0.3) is 0 Å². The first-order valence-corrected chi connectivity index (χ1v) is 3.65. The predicted molar refractivity (Wildman–Crippen MR) is 39.2 cm³/mol. The van der Waals surface area contributed by atoms with Crippen LogP contribution in [-0.4, -0.2) is 14.5 Å². The maximum Gasteiger partial charge on any atom is 0.328 e. The highest BCUT2D eigenvalue weighted by Crippen LogP contribution is 2.11. The van der Waals surface area contributed by atoms with Gasteiger partial charge in [0.15, 0.2) is 5.65 Å². The van der Waals surface area contributed by atoms with E-state index in [0.29, 0.717) is 5.65 Å². The topological polar surface area (TPSA) is 50.7 Å². The van der Waals surface area contributed by atoms with Gasteiger partial charge < -0.3 is 0 Å².